The smallest absolute Gasteiger partial charge is 0.261 e. The van der Waals surface area contributed by atoms with Crippen molar-refractivity contribution in [1.82, 2.24) is 9.38 Å². The molecule has 2 aromatic heterocycles. The van der Waals surface area contributed by atoms with Gasteiger partial charge in [0.1, 0.15) is 5.82 Å². The molecular weight excluding hydrogens is 283 g/mol. The third-order valence-electron chi connectivity index (χ3n) is 3.60. The summed E-state index contributed by atoms with van der Waals surface area (Å²) < 4.78 is 14.3. The summed E-state index contributed by atoms with van der Waals surface area (Å²) in [6.45, 7) is 1.99. The number of aryl methyl sites for hydroxylation is 1. The van der Waals surface area contributed by atoms with Gasteiger partial charge in [-0.05, 0) is 30.2 Å². The first kappa shape index (κ1) is 14.3. The van der Waals surface area contributed by atoms with Crippen LogP contribution in [0.1, 0.15) is 18.9 Å². The van der Waals surface area contributed by atoms with Gasteiger partial charge >= 0.3 is 0 Å². The molecule has 0 saturated carbocycles. The molecule has 0 aliphatic rings. The fraction of sp³-hybridized carbons (Fsp3) is 0.176. The van der Waals surface area contributed by atoms with E-state index < -0.39 is 0 Å². The van der Waals surface area contributed by atoms with Crippen LogP contribution in [0.5, 0.6) is 5.75 Å². The van der Waals surface area contributed by atoms with Crippen molar-refractivity contribution < 1.29 is 9.50 Å². The second kappa shape index (κ2) is 5.60. The molecule has 3 rings (SSSR count). The molecule has 112 valence electrons. The molecule has 0 aliphatic carbocycles. The SMILES string of the molecule is CCCc1cnc2c(O)c(-c3ccc(F)cc3)ccn2c1=O. The number of pyridine rings is 1. The molecule has 0 atom stereocenters. The number of rotatable bonds is 3. The van der Waals surface area contributed by atoms with E-state index in [9.17, 15) is 14.3 Å². The van der Waals surface area contributed by atoms with E-state index in [2.05, 4.69) is 4.98 Å². The lowest BCUT2D eigenvalue weighted by Gasteiger charge is -2.09. The number of fused-ring (bicyclic) bond motifs is 1. The van der Waals surface area contributed by atoms with Gasteiger partial charge in [-0.25, -0.2) is 9.37 Å². The van der Waals surface area contributed by atoms with Gasteiger partial charge in [0.25, 0.3) is 5.56 Å². The van der Waals surface area contributed by atoms with E-state index in [0.717, 1.165) is 6.42 Å². The van der Waals surface area contributed by atoms with Crippen molar-refractivity contribution in [2.75, 3.05) is 0 Å². The molecular formula is C17H15FN2O2. The maximum atomic E-state index is 13.0. The van der Waals surface area contributed by atoms with E-state index in [0.29, 0.717) is 23.1 Å². The second-order valence-corrected chi connectivity index (χ2v) is 5.12. The Balaban J connectivity index is 2.20. The van der Waals surface area contributed by atoms with Crippen molar-refractivity contribution in [2.45, 2.75) is 19.8 Å². The fourth-order valence-corrected chi connectivity index (χ4v) is 2.47. The van der Waals surface area contributed by atoms with Crippen LogP contribution >= 0.6 is 0 Å². The fourth-order valence-electron chi connectivity index (χ4n) is 2.47. The minimum atomic E-state index is -0.345. The minimum Gasteiger partial charge on any atom is -0.504 e. The van der Waals surface area contributed by atoms with Gasteiger partial charge in [0.2, 0.25) is 0 Å². The van der Waals surface area contributed by atoms with Crippen molar-refractivity contribution in [1.29, 1.82) is 0 Å². The quantitative estimate of drug-likeness (QED) is 0.808. The molecule has 2 heterocycles. The Kier molecular flexibility index (Phi) is 3.63. The molecule has 1 aromatic carbocycles. The maximum Gasteiger partial charge on any atom is 0.261 e. The number of aromatic hydroxyl groups is 1. The highest BCUT2D eigenvalue weighted by atomic mass is 19.1. The Hall–Kier alpha value is -2.69. The summed E-state index contributed by atoms with van der Waals surface area (Å²) >= 11 is 0. The predicted octanol–water partition coefficient (Wildman–Crippen LogP) is 3.16. The van der Waals surface area contributed by atoms with Gasteiger partial charge in [0.05, 0.1) is 0 Å². The molecule has 0 bridgehead atoms. The Bertz CT molecular complexity index is 886. The Morgan fingerprint density at radius 2 is 1.95 bits per heavy atom. The van der Waals surface area contributed by atoms with E-state index in [4.69, 9.17) is 0 Å². The highest BCUT2D eigenvalue weighted by Gasteiger charge is 2.12. The van der Waals surface area contributed by atoms with Gasteiger partial charge in [-0.2, -0.15) is 0 Å². The van der Waals surface area contributed by atoms with Crippen LogP contribution in [0.2, 0.25) is 0 Å². The molecule has 0 unspecified atom stereocenters. The molecule has 0 aliphatic heterocycles. The molecule has 5 heteroatoms. The van der Waals surface area contributed by atoms with Gasteiger partial charge in [0, 0.05) is 23.5 Å². The summed E-state index contributed by atoms with van der Waals surface area (Å²) in [5.41, 5.74) is 1.82. The Morgan fingerprint density at radius 3 is 2.64 bits per heavy atom. The van der Waals surface area contributed by atoms with Crippen LogP contribution in [0.25, 0.3) is 16.8 Å². The number of nitrogens with zero attached hydrogens (tertiary/aromatic N) is 2. The molecule has 22 heavy (non-hydrogen) atoms. The average molecular weight is 298 g/mol. The molecule has 3 aromatic rings. The standard InChI is InChI=1S/C17H15FN2O2/c1-2-3-12-10-19-16-15(21)14(8-9-20(16)17(12)22)11-4-6-13(18)7-5-11/h4-10,21H,2-3H2,1H3. The lowest BCUT2D eigenvalue weighted by molar-refractivity contribution is 0.478. The summed E-state index contributed by atoms with van der Waals surface area (Å²) in [6.07, 6.45) is 4.59. The second-order valence-electron chi connectivity index (χ2n) is 5.12. The number of aromatic nitrogens is 2. The molecule has 0 spiro atoms. The molecule has 0 amide bonds. The molecule has 4 nitrogen and oxygen atoms in total. The normalized spacial score (nSPS) is 11.0. The van der Waals surface area contributed by atoms with Crippen LogP contribution < -0.4 is 5.56 Å². The van der Waals surface area contributed by atoms with Gasteiger partial charge in [-0.15, -0.1) is 0 Å². The summed E-state index contributed by atoms with van der Waals surface area (Å²) in [6, 6.07) is 7.43. The van der Waals surface area contributed by atoms with Crippen LogP contribution in [0.4, 0.5) is 4.39 Å². The van der Waals surface area contributed by atoms with E-state index in [-0.39, 0.29) is 22.8 Å². The Labute approximate surface area is 126 Å². The molecule has 0 radical (unpaired) electrons. The summed E-state index contributed by atoms with van der Waals surface area (Å²) in [4.78, 5) is 16.5. The number of halogens is 1. The van der Waals surface area contributed by atoms with E-state index in [1.807, 2.05) is 6.92 Å². The van der Waals surface area contributed by atoms with Crippen LogP contribution in [0.3, 0.4) is 0 Å². The molecule has 0 saturated heterocycles. The predicted molar refractivity (Wildman–Crippen MR) is 82.5 cm³/mol. The third kappa shape index (κ3) is 2.35. The van der Waals surface area contributed by atoms with Crippen LogP contribution in [-0.4, -0.2) is 14.5 Å². The van der Waals surface area contributed by atoms with Crippen LogP contribution in [-0.2, 0) is 6.42 Å². The largest absolute Gasteiger partial charge is 0.504 e. The summed E-state index contributed by atoms with van der Waals surface area (Å²) in [7, 11) is 0. The van der Waals surface area contributed by atoms with Gasteiger partial charge in [0.15, 0.2) is 11.4 Å². The molecule has 0 fully saturated rings. The number of benzene rings is 1. The van der Waals surface area contributed by atoms with Crippen molar-refractivity contribution >= 4 is 5.65 Å². The number of hydrogen-bond donors (Lipinski definition) is 1. The zero-order chi connectivity index (χ0) is 15.7. The monoisotopic (exact) mass is 298 g/mol. The van der Waals surface area contributed by atoms with E-state index in [1.165, 1.54) is 22.7 Å². The first-order chi connectivity index (χ1) is 10.6. The summed E-state index contributed by atoms with van der Waals surface area (Å²) in [5.74, 6) is -0.433. The third-order valence-corrected chi connectivity index (χ3v) is 3.60. The number of hydrogen-bond acceptors (Lipinski definition) is 3. The highest BCUT2D eigenvalue weighted by molar-refractivity contribution is 5.76. The van der Waals surface area contributed by atoms with Gasteiger partial charge in [-0.3, -0.25) is 9.20 Å². The topological polar surface area (TPSA) is 54.6 Å². The van der Waals surface area contributed by atoms with Crippen molar-refractivity contribution in [2.24, 2.45) is 0 Å². The zero-order valence-corrected chi connectivity index (χ0v) is 12.1. The lowest BCUT2D eigenvalue weighted by Crippen LogP contribution is -2.19. The van der Waals surface area contributed by atoms with E-state index >= 15 is 0 Å². The van der Waals surface area contributed by atoms with Crippen molar-refractivity contribution in [3.8, 4) is 16.9 Å². The molecule has 1 N–H and O–H groups in total. The maximum absolute atomic E-state index is 13.0. The lowest BCUT2D eigenvalue weighted by atomic mass is 10.1. The van der Waals surface area contributed by atoms with Crippen LogP contribution in [0, 0.1) is 5.82 Å². The Morgan fingerprint density at radius 1 is 1.23 bits per heavy atom. The van der Waals surface area contributed by atoms with Crippen molar-refractivity contribution in [3.63, 3.8) is 0 Å². The van der Waals surface area contributed by atoms with Crippen LogP contribution in [0.15, 0.2) is 47.5 Å². The minimum absolute atomic E-state index is 0.0887. The first-order valence-electron chi connectivity index (χ1n) is 7.10. The highest BCUT2D eigenvalue weighted by Crippen LogP contribution is 2.31. The van der Waals surface area contributed by atoms with Crippen molar-refractivity contribution in [3.05, 3.63) is 64.5 Å². The van der Waals surface area contributed by atoms with E-state index in [1.54, 1.807) is 24.4 Å². The zero-order valence-electron chi connectivity index (χ0n) is 12.1. The van der Waals surface area contributed by atoms with Gasteiger partial charge in [-0.1, -0.05) is 25.5 Å². The first-order valence-corrected chi connectivity index (χ1v) is 7.10. The van der Waals surface area contributed by atoms with Gasteiger partial charge < -0.3 is 5.11 Å². The average Bonchev–Trinajstić information content (AvgIpc) is 2.52. The summed E-state index contributed by atoms with van der Waals surface area (Å²) in [5, 5.41) is 10.4.